The highest BCUT2D eigenvalue weighted by Gasteiger charge is 2.11. The van der Waals surface area contributed by atoms with Crippen molar-refractivity contribution in [2.75, 3.05) is 12.3 Å². The Bertz CT molecular complexity index is 611. The van der Waals surface area contributed by atoms with Crippen molar-refractivity contribution in [1.29, 1.82) is 0 Å². The first-order valence-corrected chi connectivity index (χ1v) is 7.03. The summed E-state index contributed by atoms with van der Waals surface area (Å²) < 4.78 is 0. The fraction of sp³-hybridized carbons (Fsp3) is 0.312. The number of nitrogens with two attached hydrogens (primary N) is 1. The summed E-state index contributed by atoms with van der Waals surface area (Å²) in [4.78, 5) is 20.5. The molecule has 2 rings (SSSR count). The summed E-state index contributed by atoms with van der Waals surface area (Å²) in [5.74, 6) is 0.372. The van der Waals surface area contributed by atoms with Crippen LogP contribution in [0.4, 0.5) is 5.69 Å². The fourth-order valence-corrected chi connectivity index (χ4v) is 1.90. The highest BCUT2D eigenvalue weighted by molar-refractivity contribution is 5.93. The summed E-state index contributed by atoms with van der Waals surface area (Å²) in [5, 5.41) is 2.87. The number of nitrogens with one attached hydrogen (secondary N) is 1. The molecule has 5 nitrogen and oxygen atoms in total. The largest absolute Gasteiger partial charge is 0.397 e. The van der Waals surface area contributed by atoms with Crippen LogP contribution in [0.25, 0.3) is 11.3 Å². The smallest absolute Gasteiger partial charge is 0.269 e. The van der Waals surface area contributed by atoms with Gasteiger partial charge in [0.25, 0.3) is 5.91 Å². The van der Waals surface area contributed by atoms with Crippen molar-refractivity contribution in [3.05, 3.63) is 42.4 Å². The molecule has 1 amide bonds. The molecule has 0 bridgehead atoms. The fourth-order valence-electron chi connectivity index (χ4n) is 1.90. The normalized spacial score (nSPS) is 10.6. The average molecular weight is 284 g/mol. The number of pyridine rings is 2. The van der Waals surface area contributed by atoms with Gasteiger partial charge < -0.3 is 11.1 Å². The zero-order chi connectivity index (χ0) is 15.2. The van der Waals surface area contributed by atoms with E-state index in [1.165, 1.54) is 0 Å². The first-order valence-electron chi connectivity index (χ1n) is 7.03. The van der Waals surface area contributed by atoms with E-state index >= 15 is 0 Å². The van der Waals surface area contributed by atoms with E-state index in [0.717, 1.165) is 12.0 Å². The second kappa shape index (κ2) is 6.83. The number of rotatable bonds is 5. The van der Waals surface area contributed by atoms with Crippen molar-refractivity contribution < 1.29 is 4.79 Å². The van der Waals surface area contributed by atoms with Gasteiger partial charge in [-0.2, -0.15) is 0 Å². The van der Waals surface area contributed by atoms with Crippen LogP contribution in [-0.4, -0.2) is 22.4 Å². The van der Waals surface area contributed by atoms with Gasteiger partial charge in [0.15, 0.2) is 0 Å². The van der Waals surface area contributed by atoms with Crippen LogP contribution in [0.5, 0.6) is 0 Å². The van der Waals surface area contributed by atoms with E-state index in [2.05, 4.69) is 29.1 Å². The zero-order valence-corrected chi connectivity index (χ0v) is 12.3. The van der Waals surface area contributed by atoms with Crippen molar-refractivity contribution in [3.63, 3.8) is 0 Å². The molecule has 0 fully saturated rings. The van der Waals surface area contributed by atoms with Gasteiger partial charge >= 0.3 is 0 Å². The molecule has 5 heteroatoms. The van der Waals surface area contributed by atoms with Crippen LogP contribution in [-0.2, 0) is 0 Å². The molecule has 0 aliphatic heterocycles. The molecule has 0 aliphatic rings. The molecule has 2 aromatic rings. The van der Waals surface area contributed by atoms with Crippen LogP contribution in [0.15, 0.2) is 36.7 Å². The molecule has 0 atom stereocenters. The van der Waals surface area contributed by atoms with Gasteiger partial charge in [0.05, 0.1) is 11.4 Å². The van der Waals surface area contributed by atoms with E-state index in [-0.39, 0.29) is 5.91 Å². The third-order valence-electron chi connectivity index (χ3n) is 3.10. The van der Waals surface area contributed by atoms with Gasteiger partial charge in [-0.15, -0.1) is 0 Å². The number of carbonyl (C=O) groups is 1. The van der Waals surface area contributed by atoms with Crippen molar-refractivity contribution in [2.45, 2.75) is 20.3 Å². The summed E-state index contributed by atoms with van der Waals surface area (Å²) >= 11 is 0. The summed E-state index contributed by atoms with van der Waals surface area (Å²) in [6.07, 6.45) is 4.30. The summed E-state index contributed by atoms with van der Waals surface area (Å²) in [6.45, 7) is 4.88. The van der Waals surface area contributed by atoms with Gasteiger partial charge in [-0.25, -0.2) is 4.98 Å². The Kier molecular flexibility index (Phi) is 4.87. The monoisotopic (exact) mass is 284 g/mol. The standard InChI is InChI=1S/C16H20N4O/c1-11(2)7-9-19-16(21)14-6-5-13(17)15(20-14)12-4-3-8-18-10-12/h3-6,8,10-11H,7,9,17H2,1-2H3,(H,19,21). The third-order valence-corrected chi connectivity index (χ3v) is 3.10. The zero-order valence-electron chi connectivity index (χ0n) is 12.3. The summed E-state index contributed by atoms with van der Waals surface area (Å²) in [7, 11) is 0. The van der Waals surface area contributed by atoms with E-state index in [4.69, 9.17) is 5.73 Å². The Hall–Kier alpha value is -2.43. The Balaban J connectivity index is 2.17. The highest BCUT2D eigenvalue weighted by Crippen LogP contribution is 2.22. The predicted molar refractivity (Wildman–Crippen MR) is 83.7 cm³/mol. The molecule has 0 saturated carbocycles. The Morgan fingerprint density at radius 2 is 2.14 bits per heavy atom. The maximum atomic E-state index is 12.1. The number of nitrogens with zero attached hydrogens (tertiary/aromatic N) is 2. The highest BCUT2D eigenvalue weighted by atomic mass is 16.1. The number of amides is 1. The molecular formula is C16H20N4O. The second-order valence-corrected chi connectivity index (χ2v) is 5.31. The topological polar surface area (TPSA) is 80.9 Å². The molecule has 0 saturated heterocycles. The maximum absolute atomic E-state index is 12.1. The van der Waals surface area contributed by atoms with Crippen LogP contribution in [0.2, 0.25) is 0 Å². The minimum absolute atomic E-state index is 0.180. The van der Waals surface area contributed by atoms with Gasteiger partial charge in [-0.05, 0) is 36.6 Å². The van der Waals surface area contributed by atoms with Crippen LogP contribution >= 0.6 is 0 Å². The Morgan fingerprint density at radius 1 is 1.33 bits per heavy atom. The minimum atomic E-state index is -0.180. The first-order chi connectivity index (χ1) is 10.1. The van der Waals surface area contributed by atoms with E-state index < -0.39 is 0 Å². The quantitative estimate of drug-likeness (QED) is 0.884. The van der Waals surface area contributed by atoms with Gasteiger partial charge in [-0.3, -0.25) is 9.78 Å². The molecular weight excluding hydrogens is 264 g/mol. The summed E-state index contributed by atoms with van der Waals surface area (Å²) in [5.41, 5.74) is 8.22. The van der Waals surface area contributed by atoms with Crippen LogP contribution in [0.1, 0.15) is 30.8 Å². The van der Waals surface area contributed by atoms with Gasteiger partial charge in [0, 0.05) is 24.5 Å². The lowest BCUT2D eigenvalue weighted by Gasteiger charge is -2.09. The van der Waals surface area contributed by atoms with Crippen LogP contribution < -0.4 is 11.1 Å². The lowest BCUT2D eigenvalue weighted by atomic mass is 10.1. The molecule has 0 radical (unpaired) electrons. The van der Waals surface area contributed by atoms with Crippen LogP contribution in [0, 0.1) is 5.92 Å². The number of aromatic nitrogens is 2. The van der Waals surface area contributed by atoms with Crippen LogP contribution in [0.3, 0.4) is 0 Å². The number of anilines is 1. The summed E-state index contributed by atoms with van der Waals surface area (Å²) in [6, 6.07) is 7.02. The van der Waals surface area contributed by atoms with E-state index in [9.17, 15) is 4.79 Å². The Morgan fingerprint density at radius 3 is 2.81 bits per heavy atom. The number of nitrogen functional groups attached to an aromatic ring is 1. The number of carbonyl (C=O) groups excluding carboxylic acids is 1. The SMILES string of the molecule is CC(C)CCNC(=O)c1ccc(N)c(-c2cccnc2)n1. The third kappa shape index (κ3) is 4.02. The van der Waals surface area contributed by atoms with E-state index in [1.54, 1.807) is 24.5 Å². The molecule has 110 valence electrons. The lowest BCUT2D eigenvalue weighted by molar-refractivity contribution is 0.0947. The predicted octanol–water partition coefficient (Wildman–Crippen LogP) is 2.50. The molecule has 21 heavy (non-hydrogen) atoms. The van der Waals surface area contributed by atoms with Crippen molar-refractivity contribution in [2.24, 2.45) is 5.92 Å². The molecule has 0 aliphatic carbocycles. The molecule has 2 heterocycles. The Labute approximate surface area is 124 Å². The molecule has 0 aromatic carbocycles. The van der Waals surface area contributed by atoms with Gasteiger partial charge in [0.1, 0.15) is 5.69 Å². The minimum Gasteiger partial charge on any atom is -0.397 e. The molecule has 2 aromatic heterocycles. The molecule has 0 unspecified atom stereocenters. The average Bonchev–Trinajstić information content (AvgIpc) is 2.48. The van der Waals surface area contributed by atoms with E-state index in [0.29, 0.717) is 29.5 Å². The second-order valence-electron chi connectivity index (χ2n) is 5.31. The number of hydrogen-bond donors (Lipinski definition) is 2. The lowest BCUT2D eigenvalue weighted by Crippen LogP contribution is -2.26. The molecule has 3 N–H and O–H groups in total. The number of hydrogen-bond acceptors (Lipinski definition) is 4. The first kappa shape index (κ1) is 15.0. The molecule has 0 spiro atoms. The van der Waals surface area contributed by atoms with Gasteiger partial charge in [0.2, 0.25) is 0 Å². The van der Waals surface area contributed by atoms with Gasteiger partial charge in [-0.1, -0.05) is 13.8 Å². The maximum Gasteiger partial charge on any atom is 0.269 e. The van der Waals surface area contributed by atoms with Crippen molar-refractivity contribution >= 4 is 11.6 Å². The van der Waals surface area contributed by atoms with E-state index in [1.807, 2.05) is 12.1 Å². The van der Waals surface area contributed by atoms with Crippen molar-refractivity contribution in [1.82, 2.24) is 15.3 Å². The van der Waals surface area contributed by atoms with Crippen molar-refractivity contribution in [3.8, 4) is 11.3 Å².